The standard InChI is InChI=1S/C29H19/c1-3-9-22(10-4-1)15-18-27-25(21-23-11-5-2-6-12-23)17-20-28-26-14-8-7-13-24(26)16-19-29(27)28/h2-14,16-17,19-20H,21H2. The Balaban J connectivity index is 1.73. The zero-order valence-electron chi connectivity index (χ0n) is 16.0. The van der Waals surface area contributed by atoms with Gasteiger partial charge in [-0.2, -0.15) is 0 Å². The van der Waals surface area contributed by atoms with Crippen molar-refractivity contribution < 1.29 is 0 Å². The lowest BCUT2D eigenvalue weighted by Gasteiger charge is -2.11. The van der Waals surface area contributed by atoms with Gasteiger partial charge in [-0.3, -0.25) is 0 Å². The average molecular weight is 367 g/mol. The van der Waals surface area contributed by atoms with Gasteiger partial charge in [0, 0.05) is 11.1 Å². The minimum Gasteiger partial charge on any atom is -0.0622 e. The molecule has 0 saturated heterocycles. The fourth-order valence-corrected chi connectivity index (χ4v) is 3.85. The van der Waals surface area contributed by atoms with Crippen molar-refractivity contribution in [3.63, 3.8) is 0 Å². The quantitative estimate of drug-likeness (QED) is 0.238. The van der Waals surface area contributed by atoms with E-state index in [-0.39, 0.29) is 0 Å². The zero-order chi connectivity index (χ0) is 19.5. The molecule has 0 saturated carbocycles. The van der Waals surface area contributed by atoms with E-state index in [0.29, 0.717) is 0 Å². The molecule has 0 heteroatoms. The van der Waals surface area contributed by atoms with E-state index in [4.69, 9.17) is 0 Å². The molecule has 29 heavy (non-hydrogen) atoms. The van der Waals surface area contributed by atoms with Gasteiger partial charge in [-0.05, 0) is 57.3 Å². The molecule has 5 rings (SSSR count). The van der Waals surface area contributed by atoms with E-state index >= 15 is 0 Å². The van der Waals surface area contributed by atoms with Crippen LogP contribution in [0.2, 0.25) is 0 Å². The Bertz CT molecular complexity index is 1350. The number of rotatable bonds is 2. The number of hydrogen-bond acceptors (Lipinski definition) is 0. The Kier molecular flexibility index (Phi) is 4.57. The summed E-state index contributed by atoms with van der Waals surface area (Å²) in [6, 6.07) is 38.9. The summed E-state index contributed by atoms with van der Waals surface area (Å²) in [5.41, 5.74) is 4.68. The van der Waals surface area contributed by atoms with Gasteiger partial charge in [-0.15, -0.1) is 0 Å². The molecule has 0 spiro atoms. The Morgan fingerprint density at radius 3 is 2.21 bits per heavy atom. The van der Waals surface area contributed by atoms with Gasteiger partial charge < -0.3 is 0 Å². The average Bonchev–Trinajstić information content (AvgIpc) is 2.79. The molecule has 0 atom stereocenters. The maximum Gasteiger partial charge on any atom is 0.0363 e. The molecule has 0 N–H and O–H groups in total. The molecule has 0 amide bonds. The van der Waals surface area contributed by atoms with Gasteiger partial charge in [-0.25, -0.2) is 0 Å². The smallest absolute Gasteiger partial charge is 0.0363 e. The fourth-order valence-electron chi connectivity index (χ4n) is 3.85. The number of hydrogen-bond donors (Lipinski definition) is 0. The first kappa shape index (κ1) is 17.3. The summed E-state index contributed by atoms with van der Waals surface area (Å²) in [5, 5.41) is 5.00. The third kappa shape index (κ3) is 3.51. The fraction of sp³-hybridized carbons (Fsp3) is 0.0345. The first-order chi connectivity index (χ1) is 14.4. The second-order valence-electron chi connectivity index (χ2n) is 7.18. The van der Waals surface area contributed by atoms with Crippen LogP contribution in [0.4, 0.5) is 0 Å². The van der Waals surface area contributed by atoms with Crippen LogP contribution in [0.5, 0.6) is 0 Å². The summed E-state index contributed by atoms with van der Waals surface area (Å²) in [7, 11) is 0. The molecule has 0 aliphatic rings. The van der Waals surface area contributed by atoms with Gasteiger partial charge in [0.2, 0.25) is 0 Å². The van der Waals surface area contributed by atoms with Crippen LogP contribution in [-0.4, -0.2) is 0 Å². The van der Waals surface area contributed by atoms with Crippen LogP contribution >= 0.6 is 0 Å². The lowest BCUT2D eigenvalue weighted by atomic mass is 9.92. The molecular weight excluding hydrogens is 348 g/mol. The molecule has 5 aromatic rings. The Morgan fingerprint density at radius 2 is 1.34 bits per heavy atom. The highest BCUT2D eigenvalue weighted by atomic mass is 14.1. The van der Waals surface area contributed by atoms with Gasteiger partial charge in [0.15, 0.2) is 0 Å². The van der Waals surface area contributed by atoms with Crippen molar-refractivity contribution in [3.05, 3.63) is 131 Å². The largest absolute Gasteiger partial charge is 0.0622 e. The van der Waals surface area contributed by atoms with Crippen LogP contribution in [0.15, 0.2) is 103 Å². The minimum atomic E-state index is 0.871. The van der Waals surface area contributed by atoms with E-state index in [9.17, 15) is 0 Å². The van der Waals surface area contributed by atoms with Crippen molar-refractivity contribution in [1.82, 2.24) is 0 Å². The topological polar surface area (TPSA) is 0 Å². The van der Waals surface area contributed by atoms with Crippen molar-refractivity contribution in [2.24, 2.45) is 0 Å². The summed E-state index contributed by atoms with van der Waals surface area (Å²) < 4.78 is 0. The zero-order valence-corrected chi connectivity index (χ0v) is 16.0. The summed E-state index contributed by atoms with van der Waals surface area (Å²) in [4.78, 5) is 0. The van der Waals surface area contributed by atoms with Crippen molar-refractivity contribution in [1.29, 1.82) is 0 Å². The second kappa shape index (κ2) is 7.66. The Hall–Kier alpha value is -3.82. The third-order valence-corrected chi connectivity index (χ3v) is 5.30. The van der Waals surface area contributed by atoms with E-state index in [1.54, 1.807) is 0 Å². The summed E-state index contributed by atoms with van der Waals surface area (Å²) in [5.74, 6) is 6.85. The van der Waals surface area contributed by atoms with E-state index < -0.39 is 0 Å². The predicted octanol–water partition coefficient (Wildman–Crippen LogP) is 6.78. The van der Waals surface area contributed by atoms with Gasteiger partial charge >= 0.3 is 0 Å². The third-order valence-electron chi connectivity index (χ3n) is 5.30. The molecule has 0 nitrogen and oxygen atoms in total. The Morgan fingerprint density at radius 1 is 0.586 bits per heavy atom. The van der Waals surface area contributed by atoms with Crippen molar-refractivity contribution in [2.45, 2.75) is 6.42 Å². The van der Waals surface area contributed by atoms with Gasteiger partial charge in [0.25, 0.3) is 0 Å². The van der Waals surface area contributed by atoms with Crippen LogP contribution < -0.4 is 0 Å². The first-order valence-electron chi connectivity index (χ1n) is 9.84. The molecule has 0 heterocycles. The predicted molar refractivity (Wildman–Crippen MR) is 122 cm³/mol. The molecule has 135 valence electrons. The van der Waals surface area contributed by atoms with Crippen molar-refractivity contribution >= 4 is 21.5 Å². The number of fused-ring (bicyclic) bond motifs is 3. The van der Waals surface area contributed by atoms with E-state index in [1.807, 2.05) is 24.3 Å². The highest BCUT2D eigenvalue weighted by molar-refractivity contribution is 6.09. The van der Waals surface area contributed by atoms with Crippen molar-refractivity contribution in [2.75, 3.05) is 0 Å². The van der Waals surface area contributed by atoms with E-state index in [2.05, 4.69) is 96.8 Å². The van der Waals surface area contributed by atoms with Gasteiger partial charge in [0.05, 0.1) is 0 Å². The van der Waals surface area contributed by atoms with Crippen LogP contribution in [0.25, 0.3) is 21.5 Å². The van der Waals surface area contributed by atoms with Crippen LogP contribution in [-0.2, 0) is 6.42 Å². The van der Waals surface area contributed by atoms with Crippen LogP contribution in [0, 0.1) is 17.9 Å². The maximum absolute atomic E-state index is 3.49. The van der Waals surface area contributed by atoms with E-state index in [1.165, 1.54) is 32.7 Å². The second-order valence-corrected chi connectivity index (χ2v) is 7.18. The number of benzene rings is 5. The molecule has 0 aliphatic heterocycles. The first-order valence-corrected chi connectivity index (χ1v) is 9.84. The maximum atomic E-state index is 3.49. The molecular formula is C29H19. The van der Waals surface area contributed by atoms with E-state index in [0.717, 1.165) is 17.5 Å². The molecule has 0 aromatic heterocycles. The molecule has 5 aromatic carbocycles. The SMILES string of the molecule is C(#Cc1c(Cc2ccccc2)ccc2c1ccc1ccccc12)c1cc[c]cc1. The summed E-state index contributed by atoms with van der Waals surface area (Å²) >= 11 is 0. The molecule has 0 bridgehead atoms. The highest BCUT2D eigenvalue weighted by Crippen LogP contribution is 2.30. The van der Waals surface area contributed by atoms with Crippen LogP contribution in [0.1, 0.15) is 22.3 Å². The lowest BCUT2D eigenvalue weighted by molar-refractivity contribution is 1.19. The normalized spacial score (nSPS) is 10.6. The molecule has 0 aliphatic carbocycles. The van der Waals surface area contributed by atoms with Crippen LogP contribution in [0.3, 0.4) is 0 Å². The summed E-state index contributed by atoms with van der Waals surface area (Å²) in [6.45, 7) is 0. The monoisotopic (exact) mass is 367 g/mol. The molecule has 1 radical (unpaired) electrons. The Labute approximate surface area is 171 Å². The minimum absolute atomic E-state index is 0.871. The van der Waals surface area contributed by atoms with Crippen molar-refractivity contribution in [3.8, 4) is 11.8 Å². The molecule has 0 unspecified atom stereocenters. The lowest BCUT2D eigenvalue weighted by Crippen LogP contribution is -1.94. The molecule has 0 fully saturated rings. The van der Waals surface area contributed by atoms with Gasteiger partial charge in [0.1, 0.15) is 0 Å². The highest BCUT2D eigenvalue weighted by Gasteiger charge is 2.09. The summed E-state index contributed by atoms with van der Waals surface area (Å²) in [6.07, 6.45) is 0.871. The van der Waals surface area contributed by atoms with Gasteiger partial charge in [-0.1, -0.05) is 103 Å².